The molecule has 134 valence electrons. The van der Waals surface area contributed by atoms with Crippen molar-refractivity contribution in [3.63, 3.8) is 0 Å². The molecule has 0 atom stereocenters. The van der Waals surface area contributed by atoms with Crippen molar-refractivity contribution >= 4 is 17.6 Å². The molecular weight excluding hydrogens is 324 g/mol. The molecule has 25 heavy (non-hydrogen) atoms. The van der Waals surface area contributed by atoms with Crippen LogP contribution in [0.5, 0.6) is 11.5 Å². The molecule has 0 unspecified atom stereocenters. The molecule has 1 saturated heterocycles. The maximum atomic E-state index is 12.3. The number of carbonyl (C=O) groups excluding carboxylic acids is 3. The summed E-state index contributed by atoms with van der Waals surface area (Å²) >= 11 is 0. The van der Waals surface area contributed by atoms with Gasteiger partial charge in [-0.3, -0.25) is 14.4 Å². The minimum Gasteiger partial charge on any atom is -0.486 e. The lowest BCUT2D eigenvalue weighted by Gasteiger charge is -2.34. The summed E-state index contributed by atoms with van der Waals surface area (Å²) in [6.45, 7) is 4.66. The molecule has 0 radical (unpaired) electrons. The summed E-state index contributed by atoms with van der Waals surface area (Å²) in [6.07, 6.45) is 0.332. The van der Waals surface area contributed by atoms with E-state index in [-0.39, 0.29) is 30.4 Å². The Hall–Kier alpha value is -2.57. The molecule has 0 bridgehead atoms. The molecule has 2 aliphatic heterocycles. The van der Waals surface area contributed by atoms with Crippen LogP contribution in [-0.2, 0) is 9.59 Å². The van der Waals surface area contributed by atoms with Gasteiger partial charge in [-0.25, -0.2) is 0 Å². The van der Waals surface area contributed by atoms with Gasteiger partial charge in [-0.1, -0.05) is 0 Å². The van der Waals surface area contributed by atoms with E-state index in [9.17, 15) is 14.4 Å². The molecule has 1 aromatic rings. The number of benzene rings is 1. The van der Waals surface area contributed by atoms with E-state index in [2.05, 4.69) is 0 Å². The lowest BCUT2D eigenvalue weighted by atomic mass is 10.1. The second kappa shape index (κ2) is 7.55. The van der Waals surface area contributed by atoms with Crippen LogP contribution in [0.15, 0.2) is 18.2 Å². The average molecular weight is 346 g/mol. The molecule has 1 aromatic carbocycles. The van der Waals surface area contributed by atoms with Gasteiger partial charge in [0, 0.05) is 51.5 Å². The molecule has 2 amide bonds. The summed E-state index contributed by atoms with van der Waals surface area (Å²) in [4.78, 5) is 39.4. The van der Waals surface area contributed by atoms with Crippen molar-refractivity contribution in [2.45, 2.75) is 19.8 Å². The molecule has 0 spiro atoms. The summed E-state index contributed by atoms with van der Waals surface area (Å²) < 4.78 is 10.9. The Bertz CT molecular complexity index is 680. The number of amides is 2. The molecular formula is C18H22N2O5. The molecule has 7 nitrogen and oxygen atoms in total. The predicted molar refractivity (Wildman–Crippen MR) is 89.8 cm³/mol. The summed E-state index contributed by atoms with van der Waals surface area (Å²) in [6, 6.07) is 5.10. The summed E-state index contributed by atoms with van der Waals surface area (Å²) in [7, 11) is 0. The minimum atomic E-state index is -0.0901. The van der Waals surface area contributed by atoms with E-state index >= 15 is 0 Å². The largest absolute Gasteiger partial charge is 0.486 e. The second-order valence-corrected chi connectivity index (χ2v) is 6.17. The van der Waals surface area contributed by atoms with Crippen molar-refractivity contribution in [2.24, 2.45) is 0 Å². The first kappa shape index (κ1) is 17.3. The van der Waals surface area contributed by atoms with Gasteiger partial charge in [0.25, 0.3) is 0 Å². The Morgan fingerprint density at radius 2 is 1.56 bits per heavy atom. The van der Waals surface area contributed by atoms with Crippen molar-refractivity contribution in [2.75, 3.05) is 39.4 Å². The Labute approximate surface area is 146 Å². The van der Waals surface area contributed by atoms with Gasteiger partial charge in [0.05, 0.1) is 0 Å². The normalized spacial score (nSPS) is 16.5. The number of piperazine rings is 1. The number of hydrogen-bond acceptors (Lipinski definition) is 5. The maximum Gasteiger partial charge on any atom is 0.223 e. The Balaban J connectivity index is 1.50. The van der Waals surface area contributed by atoms with Gasteiger partial charge in [0.2, 0.25) is 11.8 Å². The fourth-order valence-electron chi connectivity index (χ4n) is 3.01. The third-order valence-corrected chi connectivity index (χ3v) is 4.51. The molecule has 3 rings (SSSR count). The van der Waals surface area contributed by atoms with Crippen molar-refractivity contribution < 1.29 is 23.9 Å². The fraction of sp³-hybridized carbons (Fsp3) is 0.500. The number of fused-ring (bicyclic) bond motifs is 1. The SMILES string of the molecule is CC(=O)N1CCN(C(=O)CCC(=O)c2ccc3c(c2)OCCO3)CC1. The van der Waals surface area contributed by atoms with Gasteiger partial charge in [0.15, 0.2) is 17.3 Å². The van der Waals surface area contributed by atoms with E-state index in [1.54, 1.807) is 28.0 Å². The van der Waals surface area contributed by atoms with Crippen LogP contribution in [0.3, 0.4) is 0 Å². The number of nitrogens with zero attached hydrogens (tertiary/aromatic N) is 2. The van der Waals surface area contributed by atoms with Crippen LogP contribution in [0.2, 0.25) is 0 Å². The topological polar surface area (TPSA) is 76.2 Å². The highest BCUT2D eigenvalue weighted by Gasteiger charge is 2.23. The van der Waals surface area contributed by atoms with Crippen LogP contribution >= 0.6 is 0 Å². The van der Waals surface area contributed by atoms with Crippen molar-refractivity contribution in [3.05, 3.63) is 23.8 Å². The van der Waals surface area contributed by atoms with E-state index in [0.717, 1.165) is 0 Å². The summed E-state index contributed by atoms with van der Waals surface area (Å²) in [5, 5.41) is 0. The van der Waals surface area contributed by atoms with Crippen LogP contribution in [0, 0.1) is 0 Å². The fourth-order valence-corrected chi connectivity index (χ4v) is 3.01. The van der Waals surface area contributed by atoms with E-state index in [1.807, 2.05) is 0 Å². The monoisotopic (exact) mass is 346 g/mol. The molecule has 0 aliphatic carbocycles. The van der Waals surface area contributed by atoms with Crippen molar-refractivity contribution in [1.82, 2.24) is 9.80 Å². The number of Topliss-reactive ketones (excluding diaryl/α,β-unsaturated/α-hetero) is 1. The minimum absolute atomic E-state index is 0.0286. The van der Waals surface area contributed by atoms with Crippen molar-refractivity contribution in [1.29, 1.82) is 0 Å². The van der Waals surface area contributed by atoms with Gasteiger partial charge < -0.3 is 19.3 Å². The zero-order valence-electron chi connectivity index (χ0n) is 14.3. The molecule has 0 saturated carbocycles. The molecule has 0 N–H and O–H groups in total. The Morgan fingerprint density at radius 3 is 2.24 bits per heavy atom. The smallest absolute Gasteiger partial charge is 0.223 e. The van der Waals surface area contributed by atoms with Crippen LogP contribution in [-0.4, -0.2) is 66.8 Å². The second-order valence-electron chi connectivity index (χ2n) is 6.17. The van der Waals surface area contributed by atoms with E-state index in [1.165, 1.54) is 6.92 Å². The zero-order valence-corrected chi connectivity index (χ0v) is 14.3. The third kappa shape index (κ3) is 4.10. The van der Waals surface area contributed by atoms with Crippen LogP contribution in [0.25, 0.3) is 0 Å². The van der Waals surface area contributed by atoms with E-state index < -0.39 is 0 Å². The number of hydrogen-bond donors (Lipinski definition) is 0. The first-order chi connectivity index (χ1) is 12.0. The lowest BCUT2D eigenvalue weighted by molar-refractivity contribution is -0.138. The van der Waals surface area contributed by atoms with Gasteiger partial charge in [-0.05, 0) is 18.2 Å². The predicted octanol–water partition coefficient (Wildman–Crippen LogP) is 1.11. The number of carbonyl (C=O) groups is 3. The Kier molecular flexibility index (Phi) is 5.21. The molecule has 2 heterocycles. The zero-order chi connectivity index (χ0) is 17.8. The molecule has 1 fully saturated rings. The van der Waals surface area contributed by atoms with Gasteiger partial charge >= 0.3 is 0 Å². The molecule has 7 heteroatoms. The highest BCUT2D eigenvalue weighted by atomic mass is 16.6. The van der Waals surface area contributed by atoms with E-state index in [0.29, 0.717) is 56.5 Å². The van der Waals surface area contributed by atoms with Gasteiger partial charge in [-0.2, -0.15) is 0 Å². The maximum absolute atomic E-state index is 12.3. The quantitative estimate of drug-likeness (QED) is 0.764. The van der Waals surface area contributed by atoms with E-state index in [4.69, 9.17) is 9.47 Å². The molecule has 0 aromatic heterocycles. The average Bonchev–Trinajstić information content (AvgIpc) is 2.65. The van der Waals surface area contributed by atoms with Gasteiger partial charge in [0.1, 0.15) is 13.2 Å². The molecule has 2 aliphatic rings. The highest BCUT2D eigenvalue weighted by molar-refractivity contribution is 5.98. The number of rotatable bonds is 4. The third-order valence-electron chi connectivity index (χ3n) is 4.51. The summed E-state index contributed by atoms with van der Waals surface area (Å²) in [5.74, 6) is 1.11. The Morgan fingerprint density at radius 1 is 0.920 bits per heavy atom. The van der Waals surface area contributed by atoms with Crippen LogP contribution in [0.1, 0.15) is 30.1 Å². The number of ether oxygens (including phenoxy) is 2. The van der Waals surface area contributed by atoms with Crippen LogP contribution in [0.4, 0.5) is 0 Å². The first-order valence-corrected chi connectivity index (χ1v) is 8.51. The summed E-state index contributed by atoms with van der Waals surface area (Å²) in [5.41, 5.74) is 0.526. The standard InChI is InChI=1S/C18H22N2O5/c1-13(21)19-6-8-20(9-7-19)18(23)5-3-15(22)14-2-4-16-17(12-14)25-11-10-24-16/h2,4,12H,3,5-11H2,1H3. The first-order valence-electron chi connectivity index (χ1n) is 8.51. The highest BCUT2D eigenvalue weighted by Crippen LogP contribution is 2.31. The number of ketones is 1. The lowest BCUT2D eigenvalue weighted by Crippen LogP contribution is -2.50. The van der Waals surface area contributed by atoms with Gasteiger partial charge in [-0.15, -0.1) is 0 Å². The van der Waals surface area contributed by atoms with Crippen molar-refractivity contribution in [3.8, 4) is 11.5 Å². The van der Waals surface area contributed by atoms with Crippen LogP contribution < -0.4 is 9.47 Å².